The van der Waals surface area contributed by atoms with Crippen molar-refractivity contribution >= 4 is 11.7 Å². The topological polar surface area (TPSA) is 81.1 Å². The number of rotatable bonds is 7. The molecule has 2 aromatic rings. The van der Waals surface area contributed by atoms with Gasteiger partial charge in [0.1, 0.15) is 5.82 Å². The molecule has 1 aromatic carbocycles. The van der Waals surface area contributed by atoms with Crippen LogP contribution in [-0.4, -0.2) is 79.4 Å². The molecule has 2 heterocycles. The van der Waals surface area contributed by atoms with Gasteiger partial charge in [0, 0.05) is 63.8 Å². The smallest absolute Gasteiger partial charge is 0.321 e. The molecule has 1 aliphatic heterocycles. The van der Waals surface area contributed by atoms with E-state index >= 15 is 0 Å². The van der Waals surface area contributed by atoms with Gasteiger partial charge in [-0.15, -0.1) is 0 Å². The zero-order valence-corrected chi connectivity index (χ0v) is 17.5. The monoisotopic (exact) mass is 403 g/mol. The van der Waals surface area contributed by atoms with Crippen molar-refractivity contribution in [3.05, 3.63) is 30.4 Å². The van der Waals surface area contributed by atoms with Gasteiger partial charge in [-0.05, 0) is 6.92 Å². The molecule has 3 rings (SSSR count). The van der Waals surface area contributed by atoms with Gasteiger partial charge < -0.3 is 29.0 Å². The number of piperazine rings is 1. The highest BCUT2D eigenvalue weighted by atomic mass is 16.5. The van der Waals surface area contributed by atoms with Crippen LogP contribution in [0, 0.1) is 6.92 Å². The van der Waals surface area contributed by atoms with E-state index < -0.39 is 0 Å². The second-order valence-corrected chi connectivity index (χ2v) is 6.84. The first-order valence-electron chi connectivity index (χ1n) is 9.61. The van der Waals surface area contributed by atoms with Crippen LogP contribution < -0.4 is 19.5 Å². The van der Waals surface area contributed by atoms with Gasteiger partial charge in [0.05, 0.1) is 27.0 Å². The number of hydrogen-bond acceptors (Lipinski definition) is 6. The Labute approximate surface area is 171 Å². The molecule has 0 unspecified atom stereocenters. The lowest BCUT2D eigenvalue weighted by atomic mass is 10.2. The number of nitrogens with zero attached hydrogens (tertiary/aromatic N) is 4. The molecule has 1 saturated heterocycles. The summed E-state index contributed by atoms with van der Waals surface area (Å²) in [5.41, 5.74) is 0.600. The van der Waals surface area contributed by atoms with Crippen molar-refractivity contribution in [1.82, 2.24) is 19.4 Å². The lowest BCUT2D eigenvalue weighted by Crippen LogP contribution is -2.50. The Kier molecular flexibility index (Phi) is 6.82. The molecule has 9 nitrogen and oxygen atoms in total. The molecular weight excluding hydrogens is 374 g/mol. The van der Waals surface area contributed by atoms with Crippen LogP contribution in [0.15, 0.2) is 24.5 Å². The van der Waals surface area contributed by atoms with E-state index in [1.807, 2.05) is 24.2 Å². The third-order valence-electron chi connectivity index (χ3n) is 5.16. The van der Waals surface area contributed by atoms with E-state index in [4.69, 9.17) is 14.2 Å². The maximum atomic E-state index is 12.7. The first kappa shape index (κ1) is 20.8. The molecule has 158 valence electrons. The van der Waals surface area contributed by atoms with Gasteiger partial charge in [-0.3, -0.25) is 4.90 Å². The molecule has 29 heavy (non-hydrogen) atoms. The standard InChI is InChI=1S/C20H29N5O4/c1-15-21-5-6-24(15)10-7-23-8-11-25(12-9-23)20(26)22-16-13-17(27-2)19(29-4)18(14-16)28-3/h5-6,13-14H,7-12H2,1-4H3,(H,22,26). The largest absolute Gasteiger partial charge is 0.493 e. The Balaban J connectivity index is 1.54. The number of anilines is 1. The number of carbonyl (C=O) groups excluding carboxylic acids is 1. The van der Waals surface area contributed by atoms with Crippen molar-refractivity contribution < 1.29 is 19.0 Å². The van der Waals surface area contributed by atoms with E-state index in [-0.39, 0.29) is 6.03 Å². The van der Waals surface area contributed by atoms with Crippen molar-refractivity contribution in [2.45, 2.75) is 13.5 Å². The summed E-state index contributed by atoms with van der Waals surface area (Å²) in [6.07, 6.45) is 3.82. The number of ether oxygens (including phenoxy) is 3. The zero-order chi connectivity index (χ0) is 20.8. The van der Waals surface area contributed by atoms with E-state index in [0.717, 1.165) is 32.0 Å². The molecule has 2 amide bonds. The number of imidazole rings is 1. The molecule has 0 spiro atoms. The van der Waals surface area contributed by atoms with E-state index in [1.165, 1.54) is 0 Å². The zero-order valence-electron chi connectivity index (χ0n) is 17.5. The average Bonchev–Trinajstić information content (AvgIpc) is 3.16. The molecule has 0 aliphatic carbocycles. The number of carbonyl (C=O) groups is 1. The molecule has 1 fully saturated rings. The number of aryl methyl sites for hydroxylation is 1. The minimum absolute atomic E-state index is 0.135. The summed E-state index contributed by atoms with van der Waals surface area (Å²) < 4.78 is 18.1. The quantitative estimate of drug-likeness (QED) is 0.762. The molecule has 0 bridgehead atoms. The van der Waals surface area contributed by atoms with Crippen LogP contribution in [0.4, 0.5) is 10.5 Å². The second kappa shape index (κ2) is 9.51. The van der Waals surface area contributed by atoms with Crippen LogP contribution >= 0.6 is 0 Å². The number of hydrogen-bond donors (Lipinski definition) is 1. The molecule has 1 aromatic heterocycles. The fourth-order valence-corrected chi connectivity index (χ4v) is 3.42. The van der Waals surface area contributed by atoms with Crippen molar-refractivity contribution in [2.75, 3.05) is 59.4 Å². The Morgan fingerprint density at radius 1 is 1.03 bits per heavy atom. The third kappa shape index (κ3) is 4.92. The Bertz CT molecular complexity index is 805. The van der Waals surface area contributed by atoms with E-state index in [2.05, 4.69) is 19.8 Å². The first-order chi connectivity index (χ1) is 14.0. The Hall–Kier alpha value is -2.94. The van der Waals surface area contributed by atoms with Gasteiger partial charge in [0.2, 0.25) is 5.75 Å². The highest BCUT2D eigenvalue weighted by molar-refractivity contribution is 5.90. The van der Waals surface area contributed by atoms with Gasteiger partial charge in [-0.2, -0.15) is 0 Å². The predicted molar refractivity (Wildman–Crippen MR) is 110 cm³/mol. The summed E-state index contributed by atoms with van der Waals surface area (Å²) in [6, 6.07) is 3.32. The third-order valence-corrected chi connectivity index (χ3v) is 5.16. The van der Waals surface area contributed by atoms with E-state index in [1.54, 1.807) is 33.5 Å². The number of amides is 2. The first-order valence-corrected chi connectivity index (χ1v) is 9.61. The summed E-state index contributed by atoms with van der Waals surface area (Å²) in [7, 11) is 4.65. The maximum Gasteiger partial charge on any atom is 0.321 e. The van der Waals surface area contributed by atoms with Gasteiger partial charge in [-0.25, -0.2) is 9.78 Å². The molecule has 1 aliphatic rings. The number of aromatic nitrogens is 2. The van der Waals surface area contributed by atoms with Crippen LogP contribution in [0.1, 0.15) is 5.82 Å². The highest BCUT2D eigenvalue weighted by Gasteiger charge is 2.22. The number of urea groups is 1. The van der Waals surface area contributed by atoms with Crippen LogP contribution in [-0.2, 0) is 6.54 Å². The summed E-state index contributed by atoms with van der Waals surface area (Å²) in [6.45, 7) is 6.90. The van der Waals surface area contributed by atoms with Gasteiger partial charge in [0.15, 0.2) is 11.5 Å². The Morgan fingerprint density at radius 2 is 1.69 bits per heavy atom. The van der Waals surface area contributed by atoms with Crippen molar-refractivity contribution in [3.63, 3.8) is 0 Å². The van der Waals surface area contributed by atoms with Crippen molar-refractivity contribution in [1.29, 1.82) is 0 Å². The lowest BCUT2D eigenvalue weighted by Gasteiger charge is -2.34. The fraction of sp³-hybridized carbons (Fsp3) is 0.500. The molecule has 0 saturated carbocycles. The normalized spacial score (nSPS) is 14.6. The fourth-order valence-electron chi connectivity index (χ4n) is 3.42. The summed E-state index contributed by atoms with van der Waals surface area (Å²) >= 11 is 0. The lowest BCUT2D eigenvalue weighted by molar-refractivity contribution is 0.144. The molecule has 0 radical (unpaired) electrons. The molecule has 0 atom stereocenters. The summed E-state index contributed by atoms with van der Waals surface area (Å²) in [5, 5.41) is 2.93. The summed E-state index contributed by atoms with van der Waals surface area (Å²) in [4.78, 5) is 21.1. The second-order valence-electron chi connectivity index (χ2n) is 6.84. The molecule has 9 heteroatoms. The van der Waals surface area contributed by atoms with Crippen LogP contribution in [0.2, 0.25) is 0 Å². The minimum atomic E-state index is -0.135. The summed E-state index contributed by atoms with van der Waals surface area (Å²) in [5.74, 6) is 2.52. The predicted octanol–water partition coefficient (Wildman–Crippen LogP) is 2.07. The Morgan fingerprint density at radius 3 is 2.21 bits per heavy atom. The van der Waals surface area contributed by atoms with Crippen molar-refractivity contribution in [3.8, 4) is 17.2 Å². The SMILES string of the molecule is COc1cc(NC(=O)N2CCN(CCn3ccnc3C)CC2)cc(OC)c1OC. The van der Waals surface area contributed by atoms with Crippen LogP contribution in [0.25, 0.3) is 0 Å². The minimum Gasteiger partial charge on any atom is -0.493 e. The number of methoxy groups -OCH3 is 3. The molecular formula is C20H29N5O4. The van der Waals surface area contributed by atoms with Crippen molar-refractivity contribution in [2.24, 2.45) is 0 Å². The van der Waals surface area contributed by atoms with E-state index in [9.17, 15) is 4.79 Å². The van der Waals surface area contributed by atoms with Crippen LogP contribution in [0.3, 0.4) is 0 Å². The highest BCUT2D eigenvalue weighted by Crippen LogP contribution is 2.39. The number of benzene rings is 1. The van der Waals surface area contributed by atoms with Crippen LogP contribution in [0.5, 0.6) is 17.2 Å². The maximum absolute atomic E-state index is 12.7. The average molecular weight is 403 g/mol. The van der Waals surface area contributed by atoms with Gasteiger partial charge in [-0.1, -0.05) is 0 Å². The number of nitrogens with one attached hydrogen (secondary N) is 1. The van der Waals surface area contributed by atoms with Gasteiger partial charge >= 0.3 is 6.03 Å². The van der Waals surface area contributed by atoms with E-state index in [0.29, 0.717) is 36.0 Å². The molecule has 1 N–H and O–H groups in total. The van der Waals surface area contributed by atoms with Gasteiger partial charge in [0.25, 0.3) is 0 Å².